The van der Waals surface area contributed by atoms with Crippen LogP contribution in [0.2, 0.25) is 5.02 Å². The Kier molecular flexibility index (Phi) is 26.9. The van der Waals surface area contributed by atoms with E-state index in [1.165, 1.54) is 11.3 Å². The van der Waals surface area contributed by atoms with Crippen LogP contribution in [0.25, 0.3) is 27.9 Å². The van der Waals surface area contributed by atoms with Gasteiger partial charge >= 0.3 is 5.97 Å². The number of ketones is 6. The Balaban J connectivity index is 0.000000150. The molecule has 0 bridgehead atoms. The van der Waals surface area contributed by atoms with Gasteiger partial charge in [-0.05, 0) is 133 Å². The molecule has 0 fully saturated rings. The molecule has 6 heterocycles. The second-order valence-electron chi connectivity index (χ2n) is 23.9. The van der Waals surface area contributed by atoms with Crippen molar-refractivity contribution in [2.24, 2.45) is 0 Å². The molecule has 19 heteroatoms. The number of aromatic nitrogens is 1. The molecule has 1 atom stereocenters. The molecule has 0 radical (unpaired) electrons. The predicted molar refractivity (Wildman–Crippen MR) is 407 cm³/mol. The Morgan fingerprint density at radius 1 is 0.657 bits per heavy atom. The van der Waals surface area contributed by atoms with Crippen LogP contribution < -0.4 is 9.47 Å². The Hall–Kier alpha value is -10.5. The Labute approximate surface area is 610 Å². The van der Waals surface area contributed by atoms with Crippen molar-refractivity contribution in [3.05, 3.63) is 319 Å². The van der Waals surface area contributed by atoms with Crippen LogP contribution in [-0.2, 0) is 21.0 Å². The van der Waals surface area contributed by atoms with E-state index in [4.69, 9.17) is 32.4 Å². The number of hydrogen-bond donors (Lipinski definition) is 0. The fraction of sp³-hybridized carbons (Fsp3) is 0.169. The molecule has 0 spiro atoms. The van der Waals surface area contributed by atoms with E-state index in [0.717, 1.165) is 67.3 Å². The van der Waals surface area contributed by atoms with Crippen LogP contribution in [0, 0.1) is 6.57 Å². The number of nitrogens with zero attached hydrogens (tertiary/aromatic N) is 2. The van der Waals surface area contributed by atoms with Gasteiger partial charge in [0.1, 0.15) is 21.3 Å². The molecule has 3 aromatic heterocycles. The van der Waals surface area contributed by atoms with Crippen LogP contribution in [-0.4, -0.2) is 85.4 Å². The lowest BCUT2D eigenvalue weighted by atomic mass is 9.92. The molecule has 8 aromatic carbocycles. The number of halogens is 1. The molecule has 0 saturated carbocycles. The average molecular weight is 1450 g/mol. The van der Waals surface area contributed by atoms with Gasteiger partial charge in [0.25, 0.3) is 0 Å². The molecule has 102 heavy (non-hydrogen) atoms. The summed E-state index contributed by atoms with van der Waals surface area (Å²) in [6.07, 6.45) is 5.92. The topological polar surface area (TPSA) is 199 Å². The zero-order valence-corrected chi connectivity index (χ0v) is 60.5. The number of ether oxygens (including phenoxy) is 3. The maximum Gasteiger partial charge on any atom is 0.338 e. The van der Waals surface area contributed by atoms with Gasteiger partial charge in [-0.2, -0.15) is 0 Å². The number of benzene rings is 8. The Morgan fingerprint density at radius 3 is 1.99 bits per heavy atom. The third-order valence-corrected chi connectivity index (χ3v) is 22.0. The number of carbonyl (C=O) groups excluding carboxylic acids is 7. The van der Waals surface area contributed by atoms with Gasteiger partial charge in [0.2, 0.25) is 0 Å². The minimum absolute atomic E-state index is 0.0170. The summed E-state index contributed by atoms with van der Waals surface area (Å²) in [6, 6.07) is 68.0. The van der Waals surface area contributed by atoms with E-state index in [1.54, 1.807) is 102 Å². The summed E-state index contributed by atoms with van der Waals surface area (Å²) < 4.78 is 39.7. The lowest BCUT2D eigenvalue weighted by molar-refractivity contribution is 0.0594. The van der Waals surface area contributed by atoms with Crippen molar-refractivity contribution < 1.29 is 56.2 Å². The van der Waals surface area contributed by atoms with Crippen LogP contribution in [0.4, 0.5) is 5.69 Å². The normalized spacial score (nSPS) is 13.7. The minimum atomic E-state index is -3.13. The molecule has 516 valence electrons. The van der Waals surface area contributed by atoms with Crippen molar-refractivity contribution in [1.29, 1.82) is 0 Å². The first-order chi connectivity index (χ1) is 49.1. The van der Waals surface area contributed by atoms with Gasteiger partial charge in [-0.1, -0.05) is 170 Å². The Bertz CT molecular complexity index is 5000. The molecule has 11 aromatic rings. The van der Waals surface area contributed by atoms with Crippen LogP contribution >= 0.6 is 46.0 Å². The molecular weight excluding hydrogens is 1380 g/mol. The highest BCUT2D eigenvalue weighted by atomic mass is 35.5. The second-order valence-corrected chi connectivity index (χ2v) is 29.8. The quantitative estimate of drug-likeness (QED) is 0.0600. The minimum Gasteiger partial charge on any atom is -0.497 e. The lowest BCUT2D eigenvalue weighted by Gasteiger charge is -2.31. The monoisotopic (exact) mass is 1450 g/mol. The number of Topliss-reactive ketones (excluding diaryl/α,β-unsaturated/α-hetero) is 5. The second kappa shape index (κ2) is 36.2. The van der Waals surface area contributed by atoms with E-state index >= 15 is 0 Å². The molecule has 0 aliphatic carbocycles. The van der Waals surface area contributed by atoms with Gasteiger partial charge in [0.05, 0.1) is 59.5 Å². The van der Waals surface area contributed by atoms with E-state index in [0.29, 0.717) is 81.3 Å². The first kappa shape index (κ1) is 75.7. The first-order valence-corrected chi connectivity index (χ1v) is 37.1. The van der Waals surface area contributed by atoms with Crippen molar-refractivity contribution in [1.82, 2.24) is 4.98 Å². The number of esters is 1. The summed E-state index contributed by atoms with van der Waals surface area (Å²) in [4.78, 5) is 90.9. The highest BCUT2D eigenvalue weighted by Crippen LogP contribution is 2.35. The van der Waals surface area contributed by atoms with Crippen molar-refractivity contribution in [3.8, 4) is 11.5 Å². The van der Waals surface area contributed by atoms with Gasteiger partial charge in [0, 0.05) is 74.7 Å². The number of aryl methyl sites for hydroxylation is 1. The summed E-state index contributed by atoms with van der Waals surface area (Å²) in [5.41, 5.74) is 9.71. The number of methoxy groups -OCH3 is 2. The molecule has 14 nitrogen and oxygen atoms in total. The van der Waals surface area contributed by atoms with Crippen molar-refractivity contribution in [3.63, 3.8) is 0 Å². The third-order valence-electron chi connectivity index (χ3n) is 16.2. The number of hydrogen-bond acceptors (Lipinski definition) is 16. The van der Waals surface area contributed by atoms with Crippen molar-refractivity contribution in [2.45, 2.75) is 72.8 Å². The van der Waals surface area contributed by atoms with Gasteiger partial charge in [-0.25, -0.2) is 23.0 Å². The fourth-order valence-electron chi connectivity index (χ4n) is 10.8. The molecule has 3 aliphatic rings. The van der Waals surface area contributed by atoms with Crippen molar-refractivity contribution >= 4 is 125 Å². The number of rotatable bonds is 13. The van der Waals surface area contributed by atoms with E-state index in [-0.39, 0.29) is 56.8 Å². The van der Waals surface area contributed by atoms with Crippen LogP contribution in [0.15, 0.2) is 244 Å². The molecule has 3 aliphatic heterocycles. The zero-order chi connectivity index (χ0) is 72.8. The molecule has 0 amide bonds. The molecule has 0 N–H and O–H groups in total. The number of fused-ring (bicyclic) bond motifs is 4. The average Bonchev–Trinajstić information content (AvgIpc) is 1.64. The molecule has 1 unspecified atom stereocenters. The van der Waals surface area contributed by atoms with Gasteiger partial charge < -0.3 is 14.2 Å². The van der Waals surface area contributed by atoms with E-state index in [1.807, 2.05) is 196 Å². The Morgan fingerprint density at radius 2 is 1.29 bits per heavy atom. The van der Waals surface area contributed by atoms with Gasteiger partial charge in [0.15, 0.2) is 50.2 Å². The molecular formula is C83H71ClN2O12S4. The summed E-state index contributed by atoms with van der Waals surface area (Å²) >= 11 is 10.7. The van der Waals surface area contributed by atoms with Crippen molar-refractivity contribution in [2.75, 3.05) is 25.7 Å². The number of thiophene rings is 2. The largest absolute Gasteiger partial charge is 0.497 e. The molecule has 0 saturated heterocycles. The first-order valence-electron chi connectivity index (χ1n) is 32.4. The fourth-order valence-corrected chi connectivity index (χ4v) is 15.9. The van der Waals surface area contributed by atoms with Crippen LogP contribution in [0.1, 0.15) is 153 Å². The number of pyridine rings is 1. The summed E-state index contributed by atoms with van der Waals surface area (Å²) in [5.74, 6) is 2.45. The smallest absolute Gasteiger partial charge is 0.338 e. The maximum absolute atomic E-state index is 12.8. The van der Waals surface area contributed by atoms with Crippen LogP contribution in [0.3, 0.4) is 0 Å². The standard InChI is InChI=1S/C28H22ClNO3.C15H11NO2.C15H14O.C11H12O2.C7H6O3S2.C7H6OS2/c1-33-28(32)25-8-3-2-6-20(25)12-16-27(31)22-7-4-5-19(17-22)9-14-24-15-11-21-10-13-23(29)18-26(21)30-24;1-16-13-7-3-11(4-8-13)15(17)12-5-9-14(18-2)10-6-12;1-12(13-8-4-2-5-9-13)15(16)14-10-6-3-7-11-14;1-11(2)7-9(12)8-5-3-4-6-10(8)13-11;8-6-2-4-12(9,10)7-5(6)1-3-11-7;8-6-2-4-10-7-5(6)1-3-9-7/h2-11,13-15,17-18H,12,16H2,1H3;3-10H,2H3;2-12H,1H3;3-6H,7H2,1-2H3;1,3H,2,4H2;1,3H,2,4H2/b14-9+;;;;;. The SMILES string of the molecule is CC(C(=O)c1ccccc1)c1ccccc1.CC1(C)CC(=O)c2ccccc2O1.COC(=O)c1ccccc1CCC(=O)c1cccc(/C=C/c2ccc3ccc(Cl)cc3n2)c1.O=C1CCS(=O)(=O)c2sccc21.O=C1CCSc2sccc21.[C-]#[N+]c1ccc(C(=O)c2ccc(OC)cc2)cc1. The predicted octanol–water partition coefficient (Wildman–Crippen LogP) is 19.8. The van der Waals surface area contributed by atoms with E-state index < -0.39 is 15.8 Å². The summed E-state index contributed by atoms with van der Waals surface area (Å²) in [5, 5.41) is 5.31. The number of carbonyl (C=O) groups is 7. The number of thioether (sulfide) groups is 1. The number of para-hydroxylation sites is 1. The van der Waals surface area contributed by atoms with Gasteiger partial charge in [-0.3, -0.25) is 28.8 Å². The van der Waals surface area contributed by atoms with E-state index in [9.17, 15) is 42.0 Å². The van der Waals surface area contributed by atoms with Gasteiger partial charge in [-0.15, -0.1) is 34.4 Å². The summed E-state index contributed by atoms with van der Waals surface area (Å²) in [6.45, 7) is 12.7. The van der Waals surface area contributed by atoms with E-state index in [2.05, 4.69) is 9.83 Å². The highest BCUT2D eigenvalue weighted by Gasteiger charge is 2.32. The molecule has 14 rings (SSSR count). The highest BCUT2D eigenvalue weighted by molar-refractivity contribution is 8.01. The maximum atomic E-state index is 12.8. The number of sulfone groups is 1. The van der Waals surface area contributed by atoms with Crippen LogP contribution in [0.5, 0.6) is 11.5 Å². The third kappa shape index (κ3) is 20.8. The lowest BCUT2D eigenvalue weighted by Crippen LogP contribution is -2.35. The zero-order valence-electron chi connectivity index (χ0n) is 56.5. The summed E-state index contributed by atoms with van der Waals surface area (Å²) in [7, 11) is -0.198.